The number of hydrogen-bond acceptors (Lipinski definition) is 6. The van der Waals surface area contributed by atoms with E-state index < -0.39 is 5.41 Å². The number of benzene rings is 1. The van der Waals surface area contributed by atoms with E-state index >= 15 is 0 Å². The lowest BCUT2D eigenvalue weighted by atomic mass is 9.85. The van der Waals surface area contributed by atoms with E-state index in [-0.39, 0.29) is 5.91 Å². The van der Waals surface area contributed by atoms with Crippen LogP contribution in [0.2, 0.25) is 0 Å². The van der Waals surface area contributed by atoms with Gasteiger partial charge in [0.25, 0.3) is 0 Å². The van der Waals surface area contributed by atoms with Crippen molar-refractivity contribution in [2.24, 2.45) is 5.41 Å². The number of carbonyl (C=O) groups is 1. The van der Waals surface area contributed by atoms with E-state index in [4.69, 9.17) is 5.26 Å². The number of rotatable bonds is 5. The summed E-state index contributed by atoms with van der Waals surface area (Å²) in [5.41, 5.74) is 0.579. The minimum absolute atomic E-state index is 0.200. The topological polar surface area (TPSA) is 106 Å². The average molecular weight is 346 g/mol. The highest BCUT2D eigenvalue weighted by atomic mass is 16.2. The molecular formula is C19H18N6O. The molecule has 2 heterocycles. The first-order chi connectivity index (χ1) is 12.6. The second-order valence-electron chi connectivity index (χ2n) is 6.16. The number of carbonyl (C=O) groups excluding carboxylic acids is 1. The van der Waals surface area contributed by atoms with E-state index in [1.54, 1.807) is 29.3 Å². The Bertz CT molecular complexity index is 913. The molecule has 3 rings (SSSR count). The predicted octanol–water partition coefficient (Wildman–Crippen LogP) is 2.62. The van der Waals surface area contributed by atoms with E-state index in [0.29, 0.717) is 43.3 Å². The highest BCUT2D eigenvalue weighted by Crippen LogP contribution is 2.36. The van der Waals surface area contributed by atoms with E-state index in [1.165, 1.54) is 0 Å². The van der Waals surface area contributed by atoms with Crippen LogP contribution in [0, 0.1) is 28.1 Å². The Morgan fingerprint density at radius 3 is 2.88 bits per heavy atom. The molecule has 0 saturated carbocycles. The normalized spacial score (nSPS) is 19.0. The molecule has 1 saturated heterocycles. The molecule has 1 N–H and O–H groups in total. The average Bonchev–Trinajstić information content (AvgIpc) is 3.03. The van der Waals surface area contributed by atoms with Crippen LogP contribution < -0.4 is 10.2 Å². The summed E-state index contributed by atoms with van der Waals surface area (Å²) in [7, 11) is 0. The smallest absolute Gasteiger partial charge is 0.248 e. The van der Waals surface area contributed by atoms with Crippen molar-refractivity contribution in [3.05, 3.63) is 47.7 Å². The molecular weight excluding hydrogens is 328 g/mol. The minimum Gasteiger partial charge on any atom is -0.350 e. The van der Waals surface area contributed by atoms with Crippen LogP contribution in [0.1, 0.15) is 30.9 Å². The van der Waals surface area contributed by atoms with Crippen LogP contribution in [0.25, 0.3) is 0 Å². The van der Waals surface area contributed by atoms with E-state index in [2.05, 4.69) is 27.4 Å². The van der Waals surface area contributed by atoms with Crippen LogP contribution >= 0.6 is 0 Å². The summed E-state index contributed by atoms with van der Waals surface area (Å²) in [6.45, 7) is 2.79. The predicted molar refractivity (Wildman–Crippen MR) is 95.8 cm³/mol. The van der Waals surface area contributed by atoms with E-state index in [0.717, 1.165) is 5.56 Å². The number of aromatic nitrogens is 2. The van der Waals surface area contributed by atoms with Gasteiger partial charge in [-0.15, -0.1) is 0 Å². The van der Waals surface area contributed by atoms with Crippen LogP contribution in [-0.2, 0) is 11.3 Å². The van der Waals surface area contributed by atoms with Crippen LogP contribution in [0.15, 0.2) is 36.5 Å². The van der Waals surface area contributed by atoms with Gasteiger partial charge < -0.3 is 5.32 Å². The molecule has 26 heavy (non-hydrogen) atoms. The van der Waals surface area contributed by atoms with Gasteiger partial charge in [-0.3, -0.25) is 9.69 Å². The summed E-state index contributed by atoms with van der Waals surface area (Å²) in [5.74, 6) is 0.682. The quantitative estimate of drug-likeness (QED) is 0.892. The van der Waals surface area contributed by atoms with Crippen LogP contribution in [0.5, 0.6) is 0 Å². The Balaban J connectivity index is 1.74. The Kier molecular flexibility index (Phi) is 4.81. The van der Waals surface area contributed by atoms with E-state index in [9.17, 15) is 10.1 Å². The summed E-state index contributed by atoms with van der Waals surface area (Å²) in [4.78, 5) is 22.8. The van der Waals surface area contributed by atoms with Gasteiger partial charge in [-0.1, -0.05) is 19.1 Å². The summed E-state index contributed by atoms with van der Waals surface area (Å²) < 4.78 is 0. The Hall–Kier alpha value is -3.45. The van der Waals surface area contributed by atoms with Gasteiger partial charge in [-0.05, 0) is 36.6 Å². The number of nitriles is 2. The molecule has 1 aliphatic rings. The van der Waals surface area contributed by atoms with Crippen LogP contribution in [0.4, 0.5) is 11.8 Å². The lowest BCUT2D eigenvalue weighted by Crippen LogP contribution is -2.33. The third-order valence-electron chi connectivity index (χ3n) is 4.66. The van der Waals surface area contributed by atoms with Gasteiger partial charge in [0, 0.05) is 19.3 Å². The van der Waals surface area contributed by atoms with Crippen molar-refractivity contribution in [1.29, 1.82) is 10.5 Å². The maximum atomic E-state index is 12.6. The standard InChI is InChI=1S/C19H18N6O/c1-2-19(13-21)7-9-25(17(19)26)16-6-8-22-18(24-16)23-12-15-5-3-4-14(10-15)11-20/h3-6,8,10H,2,7,9,12H2,1H3,(H,22,23,24). The molecule has 2 aromatic rings. The Morgan fingerprint density at radius 2 is 2.19 bits per heavy atom. The van der Waals surface area contributed by atoms with Crippen molar-refractivity contribution in [2.75, 3.05) is 16.8 Å². The summed E-state index contributed by atoms with van der Waals surface area (Å²) in [6, 6.07) is 13.2. The molecule has 7 heteroatoms. The van der Waals surface area contributed by atoms with Gasteiger partial charge in [0.1, 0.15) is 11.2 Å². The molecule has 0 spiro atoms. The molecule has 1 fully saturated rings. The fourth-order valence-corrected chi connectivity index (χ4v) is 3.02. The maximum absolute atomic E-state index is 12.6. The summed E-state index contributed by atoms with van der Waals surface area (Å²) in [6.07, 6.45) is 2.58. The molecule has 1 unspecified atom stereocenters. The number of nitrogens with one attached hydrogen (secondary N) is 1. The van der Waals surface area contributed by atoms with Crippen LogP contribution in [-0.4, -0.2) is 22.4 Å². The molecule has 1 aromatic heterocycles. The second-order valence-corrected chi connectivity index (χ2v) is 6.16. The van der Waals surface area contributed by atoms with Crippen molar-refractivity contribution in [2.45, 2.75) is 26.3 Å². The summed E-state index contributed by atoms with van der Waals surface area (Å²) >= 11 is 0. The molecule has 130 valence electrons. The summed E-state index contributed by atoms with van der Waals surface area (Å²) in [5, 5.41) is 21.5. The van der Waals surface area contributed by atoms with Crippen LogP contribution in [0.3, 0.4) is 0 Å². The van der Waals surface area contributed by atoms with Gasteiger partial charge in [0.2, 0.25) is 11.9 Å². The van der Waals surface area contributed by atoms with E-state index in [1.807, 2.05) is 19.1 Å². The van der Waals surface area contributed by atoms with Crippen molar-refractivity contribution in [3.8, 4) is 12.1 Å². The fourth-order valence-electron chi connectivity index (χ4n) is 3.02. The molecule has 1 aromatic carbocycles. The monoisotopic (exact) mass is 346 g/mol. The zero-order valence-corrected chi connectivity index (χ0v) is 14.4. The van der Waals surface area contributed by atoms with Crippen molar-refractivity contribution in [3.63, 3.8) is 0 Å². The van der Waals surface area contributed by atoms with Gasteiger partial charge in [0.05, 0.1) is 17.7 Å². The van der Waals surface area contributed by atoms with Crippen molar-refractivity contribution in [1.82, 2.24) is 9.97 Å². The molecule has 1 atom stereocenters. The zero-order chi connectivity index (χ0) is 18.6. The van der Waals surface area contributed by atoms with Crippen molar-refractivity contribution >= 4 is 17.7 Å². The number of nitrogens with zero attached hydrogens (tertiary/aromatic N) is 5. The maximum Gasteiger partial charge on any atom is 0.248 e. The largest absolute Gasteiger partial charge is 0.350 e. The zero-order valence-electron chi connectivity index (χ0n) is 14.4. The molecule has 7 nitrogen and oxygen atoms in total. The van der Waals surface area contributed by atoms with Gasteiger partial charge in [-0.2, -0.15) is 15.5 Å². The van der Waals surface area contributed by atoms with Gasteiger partial charge >= 0.3 is 0 Å². The third-order valence-corrected chi connectivity index (χ3v) is 4.66. The second kappa shape index (κ2) is 7.20. The highest BCUT2D eigenvalue weighted by molar-refractivity contribution is 6.01. The molecule has 1 aliphatic heterocycles. The molecule has 0 radical (unpaired) electrons. The number of anilines is 2. The first-order valence-electron chi connectivity index (χ1n) is 8.41. The lowest BCUT2D eigenvalue weighted by molar-refractivity contribution is -0.123. The van der Waals surface area contributed by atoms with Gasteiger partial charge in [0.15, 0.2) is 0 Å². The highest BCUT2D eigenvalue weighted by Gasteiger charge is 2.46. The molecule has 1 amide bonds. The third kappa shape index (κ3) is 3.20. The molecule has 0 bridgehead atoms. The first kappa shape index (κ1) is 17.4. The van der Waals surface area contributed by atoms with Gasteiger partial charge in [-0.25, -0.2) is 4.98 Å². The SMILES string of the molecule is CCC1(C#N)CCN(c2ccnc(NCc3cccc(C#N)c3)n2)C1=O. The Morgan fingerprint density at radius 1 is 1.35 bits per heavy atom. The molecule has 0 aliphatic carbocycles. The first-order valence-corrected chi connectivity index (χ1v) is 8.41. The number of hydrogen-bond donors (Lipinski definition) is 1. The Labute approximate surface area is 151 Å². The lowest BCUT2D eigenvalue weighted by Gasteiger charge is -2.19. The number of amides is 1. The minimum atomic E-state index is -0.948. The fraction of sp³-hybridized carbons (Fsp3) is 0.316. The van der Waals surface area contributed by atoms with Crippen molar-refractivity contribution < 1.29 is 4.79 Å².